The maximum atomic E-state index is 11.6. The minimum absolute atomic E-state index is 0.110. The Balaban J connectivity index is 2.77. The molecule has 0 aromatic carbocycles. The first-order valence-electron chi connectivity index (χ1n) is 4.18. The number of carbonyl (C=O) groups excluding carboxylic acids is 2. The van der Waals surface area contributed by atoms with Crippen molar-refractivity contribution in [3.05, 3.63) is 20.3 Å². The molecule has 15 heavy (non-hydrogen) atoms. The predicted octanol–water partition coefficient (Wildman–Crippen LogP) is 2.76. The molecular weight excluding hydrogens is 257 g/mol. The van der Waals surface area contributed by atoms with Crippen LogP contribution in [0.15, 0.2) is 6.07 Å². The molecule has 1 unspecified atom stereocenters. The third kappa shape index (κ3) is 3.19. The first-order valence-corrected chi connectivity index (χ1v) is 5.75. The van der Waals surface area contributed by atoms with Crippen molar-refractivity contribution in [2.45, 2.75) is 19.9 Å². The van der Waals surface area contributed by atoms with Crippen molar-refractivity contribution in [1.82, 2.24) is 5.32 Å². The van der Waals surface area contributed by atoms with Crippen LogP contribution in [0.4, 0.5) is 0 Å². The maximum Gasteiger partial charge on any atom is 0.254 e. The van der Waals surface area contributed by atoms with Gasteiger partial charge in [-0.05, 0) is 19.9 Å². The lowest BCUT2D eigenvalue weighted by molar-refractivity contribution is -0.118. The van der Waals surface area contributed by atoms with Gasteiger partial charge in [-0.2, -0.15) is 0 Å². The molecule has 1 aromatic heterocycles. The van der Waals surface area contributed by atoms with Gasteiger partial charge in [-0.15, -0.1) is 11.3 Å². The van der Waals surface area contributed by atoms with Crippen molar-refractivity contribution in [1.29, 1.82) is 0 Å². The van der Waals surface area contributed by atoms with E-state index in [1.807, 2.05) is 0 Å². The molecule has 3 nitrogen and oxygen atoms in total. The monoisotopic (exact) mass is 265 g/mol. The molecule has 1 atom stereocenters. The second-order valence-corrected chi connectivity index (χ2v) is 5.33. The van der Waals surface area contributed by atoms with Crippen LogP contribution in [-0.4, -0.2) is 17.7 Å². The number of rotatable bonds is 3. The van der Waals surface area contributed by atoms with E-state index in [0.29, 0.717) is 14.2 Å². The summed E-state index contributed by atoms with van der Waals surface area (Å²) in [7, 11) is 0. The van der Waals surface area contributed by atoms with Crippen molar-refractivity contribution in [2.24, 2.45) is 0 Å². The van der Waals surface area contributed by atoms with Crippen LogP contribution in [0.3, 0.4) is 0 Å². The molecule has 1 aromatic rings. The summed E-state index contributed by atoms with van der Waals surface area (Å²) in [6, 6.07) is 0.962. The van der Waals surface area contributed by atoms with Gasteiger partial charge >= 0.3 is 0 Å². The van der Waals surface area contributed by atoms with Crippen LogP contribution in [0.25, 0.3) is 0 Å². The molecule has 1 heterocycles. The first-order chi connectivity index (χ1) is 6.91. The van der Waals surface area contributed by atoms with Gasteiger partial charge in [0.15, 0.2) is 5.78 Å². The lowest BCUT2D eigenvalue weighted by atomic mass is 10.2. The van der Waals surface area contributed by atoms with Crippen molar-refractivity contribution in [3.63, 3.8) is 0 Å². The van der Waals surface area contributed by atoms with E-state index in [1.165, 1.54) is 13.0 Å². The molecule has 0 aliphatic rings. The highest BCUT2D eigenvalue weighted by Crippen LogP contribution is 2.30. The van der Waals surface area contributed by atoms with E-state index in [1.54, 1.807) is 6.92 Å². The fourth-order valence-corrected chi connectivity index (χ4v) is 2.33. The van der Waals surface area contributed by atoms with Gasteiger partial charge in [0, 0.05) is 0 Å². The highest BCUT2D eigenvalue weighted by atomic mass is 35.5. The zero-order chi connectivity index (χ0) is 11.6. The van der Waals surface area contributed by atoms with E-state index in [9.17, 15) is 9.59 Å². The lowest BCUT2D eigenvalue weighted by Crippen LogP contribution is -2.37. The zero-order valence-corrected chi connectivity index (χ0v) is 10.5. The second-order valence-electron chi connectivity index (χ2n) is 3.04. The number of hydrogen-bond donors (Lipinski definition) is 1. The largest absolute Gasteiger partial charge is 0.342 e. The summed E-state index contributed by atoms with van der Waals surface area (Å²) in [4.78, 5) is 22.5. The van der Waals surface area contributed by atoms with E-state index >= 15 is 0 Å². The fraction of sp³-hybridized carbons (Fsp3) is 0.333. The number of halogens is 2. The Morgan fingerprint density at radius 1 is 1.47 bits per heavy atom. The van der Waals surface area contributed by atoms with Gasteiger partial charge in [0.05, 0.1) is 15.9 Å². The van der Waals surface area contributed by atoms with Gasteiger partial charge in [0.2, 0.25) is 0 Å². The van der Waals surface area contributed by atoms with E-state index in [2.05, 4.69) is 5.32 Å². The summed E-state index contributed by atoms with van der Waals surface area (Å²) in [5, 5.41) is 2.52. The lowest BCUT2D eigenvalue weighted by Gasteiger charge is -2.09. The quantitative estimate of drug-likeness (QED) is 0.914. The van der Waals surface area contributed by atoms with Gasteiger partial charge in [-0.3, -0.25) is 9.59 Å². The number of ketones is 1. The van der Waals surface area contributed by atoms with Crippen molar-refractivity contribution in [3.8, 4) is 0 Å². The van der Waals surface area contributed by atoms with Gasteiger partial charge in [0.1, 0.15) is 4.34 Å². The molecule has 1 amide bonds. The third-order valence-electron chi connectivity index (χ3n) is 1.86. The molecule has 0 aliphatic heterocycles. The Kier molecular flexibility index (Phi) is 4.13. The molecule has 0 saturated heterocycles. The predicted molar refractivity (Wildman–Crippen MR) is 61.9 cm³/mol. The summed E-state index contributed by atoms with van der Waals surface area (Å²) >= 11 is 12.6. The smallest absolute Gasteiger partial charge is 0.254 e. The van der Waals surface area contributed by atoms with Crippen LogP contribution >= 0.6 is 34.5 Å². The molecule has 1 rings (SSSR count). The Hall–Kier alpha value is -0.580. The number of hydrogen-bond acceptors (Lipinski definition) is 3. The van der Waals surface area contributed by atoms with Crippen LogP contribution in [-0.2, 0) is 4.79 Å². The summed E-state index contributed by atoms with van der Waals surface area (Å²) in [5.74, 6) is -0.494. The fourth-order valence-electron chi connectivity index (χ4n) is 0.871. The summed E-state index contributed by atoms with van der Waals surface area (Å²) in [5.41, 5.74) is 0.305. The summed E-state index contributed by atoms with van der Waals surface area (Å²) in [6.07, 6.45) is 0. The van der Waals surface area contributed by atoms with Gasteiger partial charge < -0.3 is 5.32 Å². The van der Waals surface area contributed by atoms with Crippen molar-refractivity contribution < 1.29 is 9.59 Å². The molecule has 0 fully saturated rings. The van der Waals surface area contributed by atoms with Crippen LogP contribution in [0, 0.1) is 0 Å². The molecule has 0 saturated carbocycles. The Morgan fingerprint density at radius 3 is 2.47 bits per heavy atom. The van der Waals surface area contributed by atoms with E-state index in [4.69, 9.17) is 23.2 Å². The van der Waals surface area contributed by atoms with Gasteiger partial charge in [0.25, 0.3) is 5.91 Å². The number of thiophene rings is 1. The van der Waals surface area contributed by atoms with Crippen LogP contribution in [0.5, 0.6) is 0 Å². The average molecular weight is 266 g/mol. The molecule has 0 bridgehead atoms. The van der Waals surface area contributed by atoms with Crippen molar-refractivity contribution in [2.75, 3.05) is 0 Å². The minimum Gasteiger partial charge on any atom is -0.342 e. The van der Waals surface area contributed by atoms with Crippen LogP contribution in [0.2, 0.25) is 8.67 Å². The van der Waals surface area contributed by atoms with Gasteiger partial charge in [-0.1, -0.05) is 23.2 Å². The molecule has 6 heteroatoms. The molecule has 1 N–H and O–H groups in total. The Labute approximate surface area is 101 Å². The summed E-state index contributed by atoms with van der Waals surface area (Å²) < 4.78 is 0.772. The van der Waals surface area contributed by atoms with E-state index < -0.39 is 6.04 Å². The van der Waals surface area contributed by atoms with E-state index in [-0.39, 0.29) is 11.7 Å². The average Bonchev–Trinajstić information content (AvgIpc) is 2.44. The highest BCUT2D eigenvalue weighted by molar-refractivity contribution is 7.20. The van der Waals surface area contributed by atoms with Crippen LogP contribution < -0.4 is 5.32 Å². The number of carbonyl (C=O) groups is 2. The topological polar surface area (TPSA) is 46.2 Å². The maximum absolute atomic E-state index is 11.6. The summed E-state index contributed by atoms with van der Waals surface area (Å²) in [6.45, 7) is 3.02. The molecule has 0 radical (unpaired) electrons. The highest BCUT2D eigenvalue weighted by Gasteiger charge is 2.17. The molecule has 0 spiro atoms. The Morgan fingerprint density at radius 2 is 2.07 bits per heavy atom. The molecule has 0 aliphatic carbocycles. The standard InChI is InChI=1S/C9H9Cl2NO2S/c1-4(5(2)13)12-9(14)6-3-7(10)15-8(6)11/h3-4H,1-2H3,(H,12,14). The number of Topliss-reactive ketones (excluding diaryl/α,β-unsaturated/α-hetero) is 1. The number of amides is 1. The molecular formula is C9H9Cl2NO2S. The number of nitrogens with one attached hydrogen (secondary N) is 1. The normalized spacial score (nSPS) is 12.3. The van der Waals surface area contributed by atoms with Crippen LogP contribution in [0.1, 0.15) is 24.2 Å². The van der Waals surface area contributed by atoms with E-state index in [0.717, 1.165) is 11.3 Å². The van der Waals surface area contributed by atoms with Gasteiger partial charge in [-0.25, -0.2) is 0 Å². The third-order valence-corrected chi connectivity index (χ3v) is 3.35. The Bertz CT molecular complexity index is 403. The minimum atomic E-state index is -0.521. The van der Waals surface area contributed by atoms with Crippen molar-refractivity contribution >= 4 is 46.2 Å². The molecule has 82 valence electrons. The second kappa shape index (κ2) is 4.96. The zero-order valence-electron chi connectivity index (χ0n) is 8.14. The SMILES string of the molecule is CC(=O)C(C)NC(=O)c1cc(Cl)sc1Cl. The first kappa shape index (κ1) is 12.5.